The normalized spacial score (nSPS) is 11.4. The lowest BCUT2D eigenvalue weighted by Crippen LogP contribution is -2.43. The van der Waals surface area contributed by atoms with Gasteiger partial charge in [-0.2, -0.15) is 0 Å². The van der Waals surface area contributed by atoms with Crippen LogP contribution >= 0.6 is 11.6 Å². The molecule has 0 aliphatic rings. The average Bonchev–Trinajstić information content (AvgIpc) is 3.16. The third kappa shape index (κ3) is 5.06. The number of hydrogen-bond donors (Lipinski definition) is 2. The highest BCUT2D eigenvalue weighted by Gasteiger charge is 2.11. The van der Waals surface area contributed by atoms with Crippen LogP contribution in [0.3, 0.4) is 0 Å². The van der Waals surface area contributed by atoms with Crippen LogP contribution in [-0.2, 0) is 24.9 Å². The molecule has 0 unspecified atom stereocenters. The van der Waals surface area contributed by atoms with Crippen molar-refractivity contribution in [3.63, 3.8) is 0 Å². The van der Waals surface area contributed by atoms with E-state index in [1.54, 1.807) is 19.4 Å². The molecule has 2 N–H and O–H groups in total. The van der Waals surface area contributed by atoms with Crippen molar-refractivity contribution < 1.29 is 9.21 Å². The summed E-state index contributed by atoms with van der Waals surface area (Å²) in [6.07, 6.45) is 3.43. The van der Waals surface area contributed by atoms with Gasteiger partial charge in [0.15, 0.2) is 5.96 Å². The summed E-state index contributed by atoms with van der Waals surface area (Å²) in [4.78, 5) is 18.0. The topological polar surface area (TPSA) is 74.8 Å². The molecule has 2 aromatic rings. The zero-order valence-corrected chi connectivity index (χ0v) is 14.8. The smallest absolute Gasteiger partial charge is 0.239 e. The molecule has 24 heavy (non-hydrogen) atoms. The van der Waals surface area contributed by atoms with Gasteiger partial charge in [-0.25, -0.2) is 0 Å². The molecule has 0 bridgehead atoms. The van der Waals surface area contributed by atoms with E-state index in [2.05, 4.69) is 15.6 Å². The molecule has 0 aromatic carbocycles. The summed E-state index contributed by atoms with van der Waals surface area (Å²) in [6, 6.07) is 5.50. The summed E-state index contributed by atoms with van der Waals surface area (Å²) < 4.78 is 7.13. The van der Waals surface area contributed by atoms with Gasteiger partial charge in [-0.05, 0) is 18.2 Å². The average molecular weight is 352 g/mol. The number of carbonyl (C=O) groups is 1. The first-order valence-electron chi connectivity index (χ1n) is 7.51. The first-order valence-corrected chi connectivity index (χ1v) is 7.89. The third-order valence-electron chi connectivity index (χ3n) is 3.49. The number of hydrogen-bond acceptors (Lipinski definition) is 3. The van der Waals surface area contributed by atoms with Crippen LogP contribution in [0.2, 0.25) is 5.02 Å². The molecule has 7 nitrogen and oxygen atoms in total. The third-order valence-corrected chi connectivity index (χ3v) is 3.70. The fourth-order valence-corrected chi connectivity index (χ4v) is 2.52. The molecule has 2 heterocycles. The predicted molar refractivity (Wildman–Crippen MR) is 93.8 cm³/mol. The zero-order valence-electron chi connectivity index (χ0n) is 14.0. The van der Waals surface area contributed by atoms with Crippen LogP contribution in [0.1, 0.15) is 11.5 Å². The Labute approximate surface area is 146 Å². The Morgan fingerprint density at radius 3 is 2.83 bits per heavy atom. The second-order valence-electron chi connectivity index (χ2n) is 5.37. The summed E-state index contributed by atoms with van der Waals surface area (Å²) in [7, 11) is 5.52. The van der Waals surface area contributed by atoms with Gasteiger partial charge in [0.2, 0.25) is 5.91 Å². The molecule has 0 radical (unpaired) electrons. The summed E-state index contributed by atoms with van der Waals surface area (Å²) in [5.41, 5.74) is 1.05. The molecule has 130 valence electrons. The van der Waals surface area contributed by atoms with Gasteiger partial charge in [-0.1, -0.05) is 11.6 Å². The summed E-state index contributed by atoms with van der Waals surface area (Å²) in [5, 5.41) is 6.51. The molecule has 2 aromatic heterocycles. The SMILES string of the molecule is CN=C(NCC(=O)NCc1ccco1)N(C)Cc1cc(Cl)cn1C. The minimum absolute atomic E-state index is 0.131. The Bertz CT molecular complexity index is 693. The number of amides is 1. The Balaban J connectivity index is 1.80. The number of carbonyl (C=O) groups excluding carboxylic acids is 1. The second kappa shape index (κ2) is 8.44. The van der Waals surface area contributed by atoms with E-state index in [-0.39, 0.29) is 12.5 Å². The van der Waals surface area contributed by atoms with Crippen LogP contribution in [0, 0.1) is 0 Å². The van der Waals surface area contributed by atoms with Crippen LogP contribution < -0.4 is 10.6 Å². The minimum atomic E-state index is -0.136. The number of nitrogens with zero attached hydrogens (tertiary/aromatic N) is 3. The van der Waals surface area contributed by atoms with Gasteiger partial charge in [-0.3, -0.25) is 9.79 Å². The molecule has 0 saturated carbocycles. The number of furan rings is 1. The molecular weight excluding hydrogens is 330 g/mol. The van der Waals surface area contributed by atoms with E-state index in [0.29, 0.717) is 29.8 Å². The highest BCUT2D eigenvalue weighted by molar-refractivity contribution is 6.30. The fourth-order valence-electron chi connectivity index (χ4n) is 2.25. The molecule has 1 amide bonds. The maximum atomic E-state index is 11.9. The van der Waals surface area contributed by atoms with Gasteiger partial charge in [-0.15, -0.1) is 0 Å². The minimum Gasteiger partial charge on any atom is -0.467 e. The highest BCUT2D eigenvalue weighted by atomic mass is 35.5. The molecule has 0 spiro atoms. The van der Waals surface area contributed by atoms with Crippen LogP contribution in [-0.4, -0.2) is 42.0 Å². The van der Waals surface area contributed by atoms with E-state index in [1.165, 1.54) is 0 Å². The predicted octanol–water partition coefficient (Wildman–Crippen LogP) is 1.60. The Morgan fingerprint density at radius 2 is 2.25 bits per heavy atom. The largest absolute Gasteiger partial charge is 0.467 e. The fraction of sp³-hybridized carbons (Fsp3) is 0.375. The van der Waals surface area contributed by atoms with E-state index in [9.17, 15) is 4.79 Å². The Hall–Kier alpha value is -2.41. The van der Waals surface area contributed by atoms with Crippen molar-refractivity contribution in [2.75, 3.05) is 20.6 Å². The summed E-state index contributed by atoms with van der Waals surface area (Å²) >= 11 is 6.00. The van der Waals surface area contributed by atoms with Crippen molar-refractivity contribution in [2.45, 2.75) is 13.1 Å². The number of rotatable bonds is 6. The van der Waals surface area contributed by atoms with E-state index >= 15 is 0 Å². The van der Waals surface area contributed by atoms with Crippen LogP contribution in [0.5, 0.6) is 0 Å². The first kappa shape index (κ1) is 17.9. The molecule has 8 heteroatoms. The molecular formula is C16H22ClN5O2. The van der Waals surface area contributed by atoms with Gasteiger partial charge < -0.3 is 24.5 Å². The van der Waals surface area contributed by atoms with Gasteiger partial charge in [0.25, 0.3) is 0 Å². The second-order valence-corrected chi connectivity index (χ2v) is 5.81. The van der Waals surface area contributed by atoms with E-state index in [1.807, 2.05) is 41.9 Å². The Morgan fingerprint density at radius 1 is 1.46 bits per heavy atom. The van der Waals surface area contributed by atoms with Crippen LogP contribution in [0.25, 0.3) is 0 Å². The lowest BCUT2D eigenvalue weighted by atomic mass is 10.4. The quantitative estimate of drug-likeness (QED) is 0.612. The Kier molecular flexibility index (Phi) is 6.31. The van der Waals surface area contributed by atoms with Gasteiger partial charge in [0, 0.05) is 33.0 Å². The highest BCUT2D eigenvalue weighted by Crippen LogP contribution is 2.14. The summed E-state index contributed by atoms with van der Waals surface area (Å²) in [5.74, 6) is 1.20. The van der Waals surface area contributed by atoms with Crippen molar-refractivity contribution in [3.05, 3.63) is 47.1 Å². The number of halogens is 1. The molecule has 0 saturated heterocycles. The van der Waals surface area contributed by atoms with Gasteiger partial charge in [0.05, 0.1) is 30.9 Å². The van der Waals surface area contributed by atoms with E-state index < -0.39 is 0 Å². The van der Waals surface area contributed by atoms with Crippen LogP contribution in [0.4, 0.5) is 0 Å². The monoisotopic (exact) mass is 351 g/mol. The standard InChI is InChI=1S/C16H22ClN5O2/c1-18-16(22(3)11-13-7-12(17)10-21(13)2)20-9-15(23)19-8-14-5-4-6-24-14/h4-7,10H,8-9,11H2,1-3H3,(H,18,20)(H,19,23). The molecule has 0 atom stereocenters. The number of guanidine groups is 1. The molecule has 2 rings (SSSR count). The first-order chi connectivity index (χ1) is 11.5. The maximum Gasteiger partial charge on any atom is 0.239 e. The number of nitrogens with one attached hydrogen (secondary N) is 2. The lowest BCUT2D eigenvalue weighted by molar-refractivity contribution is -0.120. The van der Waals surface area contributed by atoms with E-state index in [0.717, 1.165) is 5.69 Å². The van der Waals surface area contributed by atoms with Crippen molar-refractivity contribution in [1.29, 1.82) is 0 Å². The molecule has 0 aliphatic carbocycles. The van der Waals surface area contributed by atoms with Crippen molar-refractivity contribution in [2.24, 2.45) is 12.0 Å². The van der Waals surface area contributed by atoms with Crippen LogP contribution in [0.15, 0.2) is 40.1 Å². The van der Waals surface area contributed by atoms with Crippen molar-refractivity contribution >= 4 is 23.5 Å². The number of aliphatic imine (C=N–C) groups is 1. The van der Waals surface area contributed by atoms with E-state index in [4.69, 9.17) is 16.0 Å². The van der Waals surface area contributed by atoms with Crippen molar-refractivity contribution in [1.82, 2.24) is 20.1 Å². The lowest BCUT2D eigenvalue weighted by Gasteiger charge is -2.22. The summed E-state index contributed by atoms with van der Waals surface area (Å²) in [6.45, 7) is 1.12. The molecule has 0 fully saturated rings. The number of aryl methyl sites for hydroxylation is 1. The number of aromatic nitrogens is 1. The maximum absolute atomic E-state index is 11.9. The zero-order chi connectivity index (χ0) is 17.5. The van der Waals surface area contributed by atoms with Gasteiger partial charge in [0.1, 0.15) is 5.76 Å². The van der Waals surface area contributed by atoms with Gasteiger partial charge >= 0.3 is 0 Å². The molecule has 0 aliphatic heterocycles. The van der Waals surface area contributed by atoms with Crippen molar-refractivity contribution in [3.8, 4) is 0 Å².